The zero-order chi connectivity index (χ0) is 5.28. The Bertz CT molecular complexity index is 142. The molecule has 0 fully saturated rings. The van der Waals surface area contributed by atoms with Crippen molar-refractivity contribution in [3.05, 3.63) is 11.4 Å². The Hall–Kier alpha value is 0.560. The molecule has 0 spiro atoms. The van der Waals surface area contributed by atoms with E-state index in [2.05, 4.69) is 29.9 Å². The molecule has 0 saturated heterocycles. The summed E-state index contributed by atoms with van der Waals surface area (Å²) in [5, 5.41) is 3.36. The van der Waals surface area contributed by atoms with Gasteiger partial charge in [-0.25, -0.2) is 0 Å². The molecule has 0 radical (unpaired) electrons. The van der Waals surface area contributed by atoms with Crippen LogP contribution in [0.25, 0.3) is 0 Å². The summed E-state index contributed by atoms with van der Waals surface area (Å²) < 4.78 is 1.31. The van der Waals surface area contributed by atoms with E-state index in [0.29, 0.717) is 0 Å². The Morgan fingerprint density at radius 1 is 1.43 bits per heavy atom. The lowest BCUT2D eigenvalue weighted by molar-refractivity contribution is 2.20. The molecule has 1 rings (SSSR count). The first-order valence-electron chi connectivity index (χ1n) is 1.89. The van der Waals surface area contributed by atoms with Crippen LogP contribution in [0.1, 0.15) is 0 Å². The predicted molar refractivity (Wildman–Crippen MR) is 43.0 cm³/mol. The highest BCUT2D eigenvalue weighted by molar-refractivity contribution is 7.47. The lowest BCUT2D eigenvalue weighted by Gasteiger charge is -1.79. The molecule has 0 saturated carbocycles. The fourth-order valence-corrected chi connectivity index (χ4v) is 1.67. The van der Waals surface area contributed by atoms with E-state index in [1.54, 1.807) is 11.3 Å². The zero-order valence-electron chi connectivity index (χ0n) is 3.72. The number of hydrogen-bond donors (Lipinski definition) is 0. The largest absolute Gasteiger partial charge is 0.144 e. The van der Waals surface area contributed by atoms with E-state index in [0.717, 1.165) is 0 Å². The molecule has 0 aliphatic heterocycles. The maximum Gasteiger partial charge on any atom is 0.0287 e. The van der Waals surface area contributed by atoms with E-state index in [1.165, 1.54) is 9.92 Å². The van der Waals surface area contributed by atoms with Crippen LogP contribution in [-0.2, 0) is 0 Å². The first-order chi connectivity index (χ1) is 3.30. The lowest BCUT2D eigenvalue weighted by atomic mass is 10.7. The van der Waals surface area contributed by atoms with Crippen LogP contribution in [0.3, 0.4) is 0 Å². The third-order valence-corrected chi connectivity index (χ3v) is 3.28. The summed E-state index contributed by atoms with van der Waals surface area (Å²) in [4.78, 5) is 0. The summed E-state index contributed by atoms with van der Waals surface area (Å²) in [6.07, 6.45) is 0. The number of thiophene rings is 1. The lowest BCUT2D eigenvalue weighted by Crippen LogP contribution is -1.99. The van der Waals surface area contributed by atoms with Crippen LogP contribution in [0.4, 0.5) is 0 Å². The van der Waals surface area contributed by atoms with E-state index in [-0.39, 0.29) is 0 Å². The SMILES string of the molecule is Pc1ccsc1P. The summed E-state index contributed by atoms with van der Waals surface area (Å²) in [5.74, 6) is 0. The average Bonchev–Trinajstić information content (AvgIpc) is 1.91. The minimum Gasteiger partial charge on any atom is -0.144 e. The maximum atomic E-state index is 2.67. The highest BCUT2D eigenvalue weighted by Gasteiger charge is 1.87. The third kappa shape index (κ3) is 1.22. The second kappa shape index (κ2) is 2.22. The van der Waals surface area contributed by atoms with Crippen molar-refractivity contribution < 1.29 is 0 Å². The smallest absolute Gasteiger partial charge is 0.0287 e. The first kappa shape index (κ1) is 5.69. The highest BCUT2D eigenvalue weighted by atomic mass is 32.1. The van der Waals surface area contributed by atoms with Crippen molar-refractivity contribution in [2.24, 2.45) is 0 Å². The van der Waals surface area contributed by atoms with E-state index in [1.807, 2.05) is 0 Å². The van der Waals surface area contributed by atoms with E-state index < -0.39 is 0 Å². The molecular formula is C4H6P2S. The zero-order valence-corrected chi connectivity index (χ0v) is 6.84. The monoisotopic (exact) mass is 148 g/mol. The topological polar surface area (TPSA) is 0 Å². The predicted octanol–water partition coefficient (Wildman–Crippen LogP) is 0.749. The molecule has 1 heterocycles. The van der Waals surface area contributed by atoms with Crippen molar-refractivity contribution in [1.29, 1.82) is 0 Å². The van der Waals surface area contributed by atoms with E-state index in [9.17, 15) is 0 Å². The van der Waals surface area contributed by atoms with Crippen LogP contribution in [0.15, 0.2) is 11.4 Å². The van der Waals surface area contributed by atoms with Crippen molar-refractivity contribution in [2.45, 2.75) is 0 Å². The van der Waals surface area contributed by atoms with Crippen LogP contribution in [0.2, 0.25) is 0 Å². The molecule has 0 N–H and O–H groups in total. The molecule has 0 aliphatic rings. The molecule has 2 unspecified atom stereocenters. The van der Waals surface area contributed by atoms with Gasteiger partial charge in [0.15, 0.2) is 0 Å². The van der Waals surface area contributed by atoms with Crippen LogP contribution in [-0.4, -0.2) is 0 Å². The minimum atomic E-state index is 1.29. The van der Waals surface area contributed by atoms with Crippen molar-refractivity contribution in [1.82, 2.24) is 0 Å². The van der Waals surface area contributed by atoms with Gasteiger partial charge in [-0.1, -0.05) is 9.24 Å². The van der Waals surface area contributed by atoms with Gasteiger partial charge in [-0.3, -0.25) is 0 Å². The van der Waals surface area contributed by atoms with Crippen LogP contribution in [0.5, 0.6) is 0 Å². The Morgan fingerprint density at radius 3 is 2.29 bits per heavy atom. The first-order valence-corrected chi connectivity index (χ1v) is 3.92. The van der Waals surface area contributed by atoms with Crippen molar-refractivity contribution in [3.8, 4) is 0 Å². The Balaban J connectivity index is 3.12. The van der Waals surface area contributed by atoms with Gasteiger partial charge in [0, 0.05) is 4.62 Å². The van der Waals surface area contributed by atoms with Gasteiger partial charge in [-0.2, -0.15) is 0 Å². The standard InChI is InChI=1S/C4H6P2S/c5-3-1-2-7-4(3)6/h1-2H,5-6H2. The minimum absolute atomic E-state index is 1.29. The third-order valence-electron chi connectivity index (χ3n) is 0.727. The highest BCUT2D eigenvalue weighted by Crippen LogP contribution is 1.98. The van der Waals surface area contributed by atoms with Crippen LogP contribution < -0.4 is 9.92 Å². The van der Waals surface area contributed by atoms with Gasteiger partial charge >= 0.3 is 0 Å². The van der Waals surface area contributed by atoms with Gasteiger partial charge in [0.05, 0.1) is 0 Å². The number of rotatable bonds is 0. The second-order valence-corrected chi connectivity index (χ2v) is 3.81. The van der Waals surface area contributed by atoms with Gasteiger partial charge in [0.1, 0.15) is 0 Å². The number of hydrogen-bond acceptors (Lipinski definition) is 1. The van der Waals surface area contributed by atoms with E-state index in [4.69, 9.17) is 0 Å². The molecule has 3 heteroatoms. The van der Waals surface area contributed by atoms with Gasteiger partial charge in [-0.05, 0) is 16.8 Å². The van der Waals surface area contributed by atoms with Crippen molar-refractivity contribution in [3.63, 3.8) is 0 Å². The molecular weight excluding hydrogens is 142 g/mol. The molecule has 38 valence electrons. The van der Waals surface area contributed by atoms with Crippen molar-refractivity contribution in [2.75, 3.05) is 0 Å². The molecule has 7 heavy (non-hydrogen) atoms. The van der Waals surface area contributed by atoms with Gasteiger partial charge in [0.2, 0.25) is 0 Å². The van der Waals surface area contributed by atoms with Crippen LogP contribution >= 0.6 is 29.8 Å². The molecule has 2 atom stereocenters. The van der Waals surface area contributed by atoms with Gasteiger partial charge in [-0.15, -0.1) is 20.6 Å². The fourth-order valence-electron chi connectivity index (χ4n) is 0.331. The van der Waals surface area contributed by atoms with Gasteiger partial charge < -0.3 is 0 Å². The average molecular weight is 148 g/mol. The molecule has 0 nitrogen and oxygen atoms in total. The molecule has 0 amide bonds. The molecule has 0 aromatic carbocycles. The molecule has 0 bridgehead atoms. The Labute approximate surface area is 51.7 Å². The second-order valence-electron chi connectivity index (χ2n) is 1.24. The maximum absolute atomic E-state index is 2.67. The summed E-state index contributed by atoms with van der Waals surface area (Å²) in [7, 11) is 5.33. The molecule has 1 aromatic rings. The van der Waals surface area contributed by atoms with E-state index >= 15 is 0 Å². The quantitative estimate of drug-likeness (QED) is 0.476. The van der Waals surface area contributed by atoms with Crippen LogP contribution in [0, 0.1) is 0 Å². The summed E-state index contributed by atoms with van der Waals surface area (Å²) in [6, 6.07) is 2.08. The summed E-state index contributed by atoms with van der Waals surface area (Å²) in [5.41, 5.74) is 0. The fraction of sp³-hybridized carbons (Fsp3) is 0. The molecule has 0 aliphatic carbocycles. The summed E-state index contributed by atoms with van der Waals surface area (Å²) >= 11 is 1.75. The molecule has 1 aromatic heterocycles. The Kier molecular flexibility index (Phi) is 1.80. The Morgan fingerprint density at radius 2 is 2.14 bits per heavy atom. The summed E-state index contributed by atoms with van der Waals surface area (Å²) in [6.45, 7) is 0. The van der Waals surface area contributed by atoms with Gasteiger partial charge in [0.25, 0.3) is 0 Å². The van der Waals surface area contributed by atoms with Crippen molar-refractivity contribution >= 4 is 39.7 Å². The normalized spacial score (nSPS) is 9.43.